The van der Waals surface area contributed by atoms with Gasteiger partial charge in [-0.15, -0.1) is 11.3 Å². The molecule has 0 unspecified atom stereocenters. The predicted octanol–water partition coefficient (Wildman–Crippen LogP) is 2.30. The van der Waals surface area contributed by atoms with Gasteiger partial charge in [0.15, 0.2) is 5.96 Å². The van der Waals surface area contributed by atoms with Crippen molar-refractivity contribution in [2.75, 3.05) is 14.2 Å². The zero-order chi connectivity index (χ0) is 15.9. The van der Waals surface area contributed by atoms with Gasteiger partial charge in [0.1, 0.15) is 17.1 Å². The van der Waals surface area contributed by atoms with E-state index in [-0.39, 0.29) is 0 Å². The zero-order valence-corrected chi connectivity index (χ0v) is 13.6. The van der Waals surface area contributed by atoms with Crippen LogP contribution in [0.25, 0.3) is 0 Å². The van der Waals surface area contributed by atoms with Gasteiger partial charge >= 0.3 is 5.97 Å². The van der Waals surface area contributed by atoms with Crippen molar-refractivity contribution in [3.63, 3.8) is 0 Å². The van der Waals surface area contributed by atoms with E-state index in [0.717, 1.165) is 0 Å². The molecule has 0 amide bonds. The van der Waals surface area contributed by atoms with Crippen LogP contribution in [0.1, 0.15) is 26.8 Å². The van der Waals surface area contributed by atoms with Gasteiger partial charge < -0.3 is 19.8 Å². The molecule has 2 N–H and O–H groups in total. The van der Waals surface area contributed by atoms with Crippen molar-refractivity contribution in [1.29, 1.82) is 0 Å². The van der Waals surface area contributed by atoms with Crippen LogP contribution in [-0.2, 0) is 17.8 Å². The first-order chi connectivity index (χ1) is 10.6. The number of esters is 1. The van der Waals surface area contributed by atoms with Gasteiger partial charge in [-0.25, -0.2) is 4.79 Å². The number of aliphatic imine (C=N–C) groups is 1. The van der Waals surface area contributed by atoms with E-state index >= 15 is 0 Å². The highest BCUT2D eigenvalue weighted by atomic mass is 32.1. The fraction of sp³-hybridized carbons (Fsp3) is 0.333. The Morgan fingerprint density at radius 3 is 2.82 bits per heavy atom. The number of aryl methyl sites for hydroxylation is 1. The number of carbonyl (C=O) groups excluding carboxylic acids is 1. The number of ether oxygens (including phenoxy) is 1. The van der Waals surface area contributed by atoms with Crippen molar-refractivity contribution in [1.82, 2.24) is 10.6 Å². The number of carbonyl (C=O) groups is 1. The summed E-state index contributed by atoms with van der Waals surface area (Å²) in [7, 11) is 3.06. The Kier molecular flexibility index (Phi) is 5.60. The third-order valence-corrected chi connectivity index (χ3v) is 3.91. The number of nitrogens with one attached hydrogen (secondary N) is 2. The fourth-order valence-electron chi connectivity index (χ4n) is 1.92. The molecule has 0 aliphatic heterocycles. The summed E-state index contributed by atoms with van der Waals surface area (Å²) in [5.41, 5.74) is 0.445. The third kappa shape index (κ3) is 4.11. The lowest BCUT2D eigenvalue weighted by atomic mass is 10.2. The van der Waals surface area contributed by atoms with Crippen molar-refractivity contribution in [2.45, 2.75) is 20.0 Å². The van der Waals surface area contributed by atoms with Gasteiger partial charge in [0, 0.05) is 11.9 Å². The Labute approximate surface area is 133 Å². The molecule has 0 saturated carbocycles. The normalized spacial score (nSPS) is 11.3. The van der Waals surface area contributed by atoms with Crippen LogP contribution in [0.3, 0.4) is 0 Å². The molecule has 0 aliphatic rings. The van der Waals surface area contributed by atoms with E-state index in [9.17, 15) is 4.79 Å². The van der Waals surface area contributed by atoms with E-state index in [1.807, 2.05) is 11.4 Å². The molecule has 2 rings (SSSR count). The van der Waals surface area contributed by atoms with Gasteiger partial charge in [0.2, 0.25) is 0 Å². The van der Waals surface area contributed by atoms with Gasteiger partial charge in [-0.2, -0.15) is 0 Å². The zero-order valence-electron chi connectivity index (χ0n) is 12.8. The van der Waals surface area contributed by atoms with E-state index < -0.39 is 5.97 Å². The number of nitrogens with zero attached hydrogens (tertiary/aromatic N) is 1. The molecule has 118 valence electrons. The molecule has 7 heteroatoms. The van der Waals surface area contributed by atoms with Gasteiger partial charge in [0.05, 0.1) is 20.2 Å². The van der Waals surface area contributed by atoms with E-state index in [1.54, 1.807) is 31.4 Å². The lowest BCUT2D eigenvalue weighted by Gasteiger charge is -2.09. The number of furan rings is 1. The molecule has 0 radical (unpaired) electrons. The molecule has 0 saturated heterocycles. The minimum absolute atomic E-state index is 0.396. The van der Waals surface area contributed by atoms with Crippen LogP contribution < -0.4 is 10.6 Å². The summed E-state index contributed by atoms with van der Waals surface area (Å²) < 4.78 is 10.2. The van der Waals surface area contributed by atoms with Crippen LogP contribution in [0, 0.1) is 6.92 Å². The maximum Gasteiger partial charge on any atom is 0.341 e. The Hall–Kier alpha value is -2.28. The maximum absolute atomic E-state index is 11.5. The maximum atomic E-state index is 11.5. The topological polar surface area (TPSA) is 75.9 Å². The van der Waals surface area contributed by atoms with Crippen LogP contribution in [0.5, 0.6) is 0 Å². The second-order valence-electron chi connectivity index (χ2n) is 4.53. The lowest BCUT2D eigenvalue weighted by Crippen LogP contribution is -2.36. The second kappa shape index (κ2) is 7.65. The molecule has 0 aromatic carbocycles. The van der Waals surface area contributed by atoms with E-state index in [1.165, 1.54) is 12.0 Å². The molecule has 22 heavy (non-hydrogen) atoms. The molecule has 6 nitrogen and oxygen atoms in total. The summed E-state index contributed by atoms with van der Waals surface area (Å²) in [6, 6.07) is 5.75. The van der Waals surface area contributed by atoms with Gasteiger partial charge in [-0.05, 0) is 24.4 Å². The largest absolute Gasteiger partial charge is 0.465 e. The molecule has 0 atom stereocenters. The first-order valence-corrected chi connectivity index (χ1v) is 7.66. The first-order valence-electron chi connectivity index (χ1n) is 6.78. The Bertz CT molecular complexity index is 647. The van der Waals surface area contributed by atoms with Crippen LogP contribution in [0.2, 0.25) is 0 Å². The van der Waals surface area contributed by atoms with E-state index in [4.69, 9.17) is 9.15 Å². The summed E-state index contributed by atoms with van der Waals surface area (Å²) in [4.78, 5) is 16.9. The smallest absolute Gasteiger partial charge is 0.341 e. The van der Waals surface area contributed by atoms with Gasteiger partial charge in [-0.1, -0.05) is 6.07 Å². The molecular weight excluding hydrogens is 302 g/mol. The highest BCUT2D eigenvalue weighted by molar-refractivity contribution is 7.09. The quantitative estimate of drug-likeness (QED) is 0.502. The number of hydrogen-bond acceptors (Lipinski definition) is 5. The van der Waals surface area contributed by atoms with E-state index in [2.05, 4.69) is 21.7 Å². The lowest BCUT2D eigenvalue weighted by molar-refractivity contribution is 0.0599. The number of rotatable bonds is 5. The molecular formula is C15H19N3O3S. The molecule has 0 bridgehead atoms. The third-order valence-electron chi connectivity index (χ3n) is 3.04. The van der Waals surface area contributed by atoms with Gasteiger partial charge in [-0.3, -0.25) is 4.99 Å². The number of methoxy groups -OCH3 is 1. The molecule has 0 aliphatic carbocycles. The van der Waals surface area contributed by atoms with Crippen molar-refractivity contribution >= 4 is 23.3 Å². The van der Waals surface area contributed by atoms with Crippen LogP contribution in [0.15, 0.2) is 33.0 Å². The first kappa shape index (κ1) is 16.1. The summed E-state index contributed by atoms with van der Waals surface area (Å²) in [6.45, 7) is 2.88. The molecule has 0 spiro atoms. The van der Waals surface area contributed by atoms with E-state index in [0.29, 0.717) is 36.1 Å². The van der Waals surface area contributed by atoms with Crippen molar-refractivity contribution in [3.05, 3.63) is 45.5 Å². The minimum Gasteiger partial charge on any atom is -0.465 e. The number of guanidine groups is 1. The standard InChI is InChI=1S/C15H19N3O3S/c1-10-13(14(19)20-3)7-11(21-10)8-17-15(16-2)18-9-12-5-4-6-22-12/h4-7H,8-9H2,1-3H3,(H2,16,17,18). The predicted molar refractivity (Wildman–Crippen MR) is 86.1 cm³/mol. The van der Waals surface area contributed by atoms with Crippen LogP contribution in [0.4, 0.5) is 0 Å². The van der Waals surface area contributed by atoms with Crippen LogP contribution in [-0.4, -0.2) is 26.1 Å². The molecule has 2 heterocycles. The van der Waals surface area contributed by atoms with Crippen molar-refractivity contribution in [3.8, 4) is 0 Å². The average Bonchev–Trinajstić information content (AvgIpc) is 3.16. The van der Waals surface area contributed by atoms with Gasteiger partial charge in [0.25, 0.3) is 0 Å². The molecule has 2 aromatic heterocycles. The molecule has 0 fully saturated rings. The SMILES string of the molecule is CN=C(NCc1cc(C(=O)OC)c(C)o1)NCc1cccs1. The number of hydrogen-bond donors (Lipinski definition) is 2. The summed E-state index contributed by atoms with van der Waals surface area (Å²) in [5, 5.41) is 8.39. The Morgan fingerprint density at radius 1 is 1.41 bits per heavy atom. The second-order valence-corrected chi connectivity index (χ2v) is 5.57. The minimum atomic E-state index is -0.396. The van der Waals surface area contributed by atoms with Crippen molar-refractivity contribution < 1.29 is 13.9 Å². The highest BCUT2D eigenvalue weighted by Crippen LogP contribution is 2.15. The number of thiophene rings is 1. The Balaban J connectivity index is 1.89. The fourth-order valence-corrected chi connectivity index (χ4v) is 2.56. The summed E-state index contributed by atoms with van der Waals surface area (Å²) in [5.74, 6) is 1.47. The average molecular weight is 321 g/mol. The summed E-state index contributed by atoms with van der Waals surface area (Å²) in [6.07, 6.45) is 0. The van der Waals surface area contributed by atoms with Crippen molar-refractivity contribution in [2.24, 2.45) is 4.99 Å². The molecule has 2 aromatic rings. The highest BCUT2D eigenvalue weighted by Gasteiger charge is 2.15. The summed E-state index contributed by atoms with van der Waals surface area (Å²) >= 11 is 1.69. The monoisotopic (exact) mass is 321 g/mol. The van der Waals surface area contributed by atoms with Crippen LogP contribution >= 0.6 is 11.3 Å². The Morgan fingerprint density at radius 2 is 2.18 bits per heavy atom.